The lowest BCUT2D eigenvalue weighted by Crippen LogP contribution is -2.40. The Labute approximate surface area is 167 Å². The van der Waals surface area contributed by atoms with E-state index in [9.17, 15) is 4.39 Å². The fraction of sp³-hybridized carbons (Fsp3) is 0.611. The maximum atomic E-state index is 13.1. The van der Waals surface area contributed by atoms with E-state index in [0.717, 1.165) is 44.2 Å². The molecular weight excluding hydrogens is 436 g/mol. The zero-order valence-corrected chi connectivity index (χ0v) is 17.5. The largest absolute Gasteiger partial charge is 0.384 e. The molecule has 2 atom stereocenters. The van der Waals surface area contributed by atoms with E-state index in [1.54, 1.807) is 26.4 Å². The molecule has 2 unspecified atom stereocenters. The van der Waals surface area contributed by atoms with Gasteiger partial charge in [0.1, 0.15) is 11.9 Å². The molecule has 0 bridgehead atoms. The van der Waals surface area contributed by atoms with E-state index in [4.69, 9.17) is 14.5 Å². The highest BCUT2D eigenvalue weighted by atomic mass is 127. The van der Waals surface area contributed by atoms with Gasteiger partial charge in [-0.2, -0.15) is 0 Å². The van der Waals surface area contributed by atoms with Gasteiger partial charge in [0, 0.05) is 39.8 Å². The van der Waals surface area contributed by atoms with E-state index in [-0.39, 0.29) is 35.9 Å². The summed E-state index contributed by atoms with van der Waals surface area (Å²) in [5.41, 5.74) is 0.928. The minimum absolute atomic E-state index is 0. The molecule has 1 aromatic carbocycles. The summed E-state index contributed by atoms with van der Waals surface area (Å²) in [6, 6.07) is 6.39. The summed E-state index contributed by atoms with van der Waals surface area (Å²) in [5, 5.41) is 3.35. The second-order valence-corrected chi connectivity index (χ2v) is 6.03. The SMILES string of the molecule is CCNC(=NCC(OC)c1ccc(F)cc1)N1CCC(COC)C1.I. The lowest BCUT2D eigenvalue weighted by Gasteiger charge is -2.23. The first kappa shape index (κ1) is 22.1. The van der Waals surface area contributed by atoms with Gasteiger partial charge in [-0.05, 0) is 31.0 Å². The topological polar surface area (TPSA) is 46.1 Å². The van der Waals surface area contributed by atoms with E-state index < -0.39 is 0 Å². The lowest BCUT2D eigenvalue weighted by atomic mass is 10.1. The maximum Gasteiger partial charge on any atom is 0.194 e. The average Bonchev–Trinajstić information content (AvgIpc) is 3.04. The van der Waals surface area contributed by atoms with Crippen molar-refractivity contribution in [2.45, 2.75) is 19.4 Å². The summed E-state index contributed by atoms with van der Waals surface area (Å²) in [5.74, 6) is 1.21. The number of ether oxygens (including phenoxy) is 2. The molecule has 0 spiro atoms. The Kier molecular flexibility index (Phi) is 10.3. The van der Waals surface area contributed by atoms with Gasteiger partial charge in [-0.1, -0.05) is 12.1 Å². The summed E-state index contributed by atoms with van der Waals surface area (Å²) in [6.45, 7) is 6.09. The number of likely N-dealkylation sites (tertiary alicyclic amines) is 1. The molecule has 5 nitrogen and oxygen atoms in total. The van der Waals surface area contributed by atoms with Gasteiger partial charge < -0.3 is 19.7 Å². The number of aliphatic imine (C=N–C) groups is 1. The number of guanidine groups is 1. The molecule has 1 fully saturated rings. The Morgan fingerprint density at radius 3 is 2.68 bits per heavy atom. The van der Waals surface area contributed by atoms with Crippen molar-refractivity contribution in [1.82, 2.24) is 10.2 Å². The third kappa shape index (κ3) is 6.71. The Morgan fingerprint density at radius 1 is 1.36 bits per heavy atom. The molecule has 1 heterocycles. The second-order valence-electron chi connectivity index (χ2n) is 6.03. The predicted octanol–water partition coefficient (Wildman–Crippen LogP) is 3.07. The molecule has 2 rings (SSSR count). The normalized spacial score (nSPS) is 18.8. The first-order valence-electron chi connectivity index (χ1n) is 8.48. The molecule has 1 saturated heterocycles. The highest BCUT2D eigenvalue weighted by molar-refractivity contribution is 14.0. The van der Waals surface area contributed by atoms with Crippen LogP contribution in [0.4, 0.5) is 4.39 Å². The lowest BCUT2D eigenvalue weighted by molar-refractivity contribution is 0.110. The van der Waals surface area contributed by atoms with Gasteiger partial charge in [0.15, 0.2) is 5.96 Å². The third-order valence-electron chi connectivity index (χ3n) is 4.26. The molecule has 0 aliphatic carbocycles. The number of rotatable bonds is 7. The number of benzene rings is 1. The quantitative estimate of drug-likeness (QED) is 0.382. The number of nitrogens with one attached hydrogen (secondary N) is 1. The van der Waals surface area contributed by atoms with Gasteiger partial charge in [0.05, 0.1) is 13.2 Å². The highest BCUT2D eigenvalue weighted by Crippen LogP contribution is 2.19. The van der Waals surface area contributed by atoms with Crippen LogP contribution in [0.3, 0.4) is 0 Å². The molecule has 0 radical (unpaired) electrons. The van der Waals surface area contributed by atoms with Crippen molar-refractivity contribution in [1.29, 1.82) is 0 Å². The van der Waals surface area contributed by atoms with Crippen molar-refractivity contribution in [2.75, 3.05) is 47.0 Å². The predicted molar refractivity (Wildman–Crippen MR) is 109 cm³/mol. The Morgan fingerprint density at radius 2 is 2.08 bits per heavy atom. The Hall–Kier alpha value is -0.930. The minimum Gasteiger partial charge on any atom is -0.384 e. The van der Waals surface area contributed by atoms with Crippen LogP contribution in [0.25, 0.3) is 0 Å². The van der Waals surface area contributed by atoms with E-state index >= 15 is 0 Å². The molecule has 142 valence electrons. The molecule has 7 heteroatoms. The third-order valence-corrected chi connectivity index (χ3v) is 4.26. The Balaban J connectivity index is 0.00000312. The number of nitrogens with zero attached hydrogens (tertiary/aromatic N) is 2. The summed E-state index contributed by atoms with van der Waals surface area (Å²) in [7, 11) is 3.40. The molecule has 0 saturated carbocycles. The van der Waals surface area contributed by atoms with Gasteiger partial charge in [-0.15, -0.1) is 24.0 Å². The zero-order valence-electron chi connectivity index (χ0n) is 15.2. The number of methoxy groups -OCH3 is 2. The summed E-state index contributed by atoms with van der Waals surface area (Å²) >= 11 is 0. The zero-order chi connectivity index (χ0) is 17.4. The van der Waals surface area contributed by atoms with Crippen LogP contribution in [0.5, 0.6) is 0 Å². The highest BCUT2D eigenvalue weighted by Gasteiger charge is 2.25. The van der Waals surface area contributed by atoms with Gasteiger partial charge in [-0.3, -0.25) is 4.99 Å². The van der Waals surface area contributed by atoms with Gasteiger partial charge in [0.25, 0.3) is 0 Å². The van der Waals surface area contributed by atoms with E-state index in [2.05, 4.69) is 17.1 Å². The van der Waals surface area contributed by atoms with E-state index in [1.807, 2.05) is 0 Å². The van der Waals surface area contributed by atoms with Crippen LogP contribution in [-0.4, -0.2) is 57.9 Å². The smallest absolute Gasteiger partial charge is 0.194 e. The summed E-state index contributed by atoms with van der Waals surface area (Å²) < 4.78 is 23.9. The molecule has 1 N–H and O–H groups in total. The van der Waals surface area contributed by atoms with E-state index in [1.165, 1.54) is 12.1 Å². The molecule has 0 aromatic heterocycles. The first-order valence-corrected chi connectivity index (χ1v) is 8.48. The van der Waals surface area contributed by atoms with Crippen LogP contribution in [0, 0.1) is 11.7 Å². The van der Waals surface area contributed by atoms with Crippen LogP contribution < -0.4 is 5.32 Å². The van der Waals surface area contributed by atoms with Crippen LogP contribution >= 0.6 is 24.0 Å². The van der Waals surface area contributed by atoms with Crippen LogP contribution in [0.1, 0.15) is 25.0 Å². The van der Waals surface area contributed by atoms with Crippen molar-refractivity contribution < 1.29 is 13.9 Å². The fourth-order valence-corrected chi connectivity index (χ4v) is 2.99. The van der Waals surface area contributed by atoms with Gasteiger partial charge >= 0.3 is 0 Å². The van der Waals surface area contributed by atoms with Crippen LogP contribution in [0.2, 0.25) is 0 Å². The standard InChI is InChI=1S/C18H28FN3O2.HI/c1-4-20-18(22-10-9-14(12-22)13-23-2)21-11-17(24-3)15-5-7-16(19)8-6-15;/h5-8,14,17H,4,9-13H2,1-3H3,(H,20,21);1H. The van der Waals surface area contributed by atoms with Gasteiger partial charge in [0.2, 0.25) is 0 Å². The van der Waals surface area contributed by atoms with Crippen molar-refractivity contribution in [3.63, 3.8) is 0 Å². The first-order chi connectivity index (χ1) is 11.7. The fourth-order valence-electron chi connectivity index (χ4n) is 2.99. The van der Waals surface area contributed by atoms with Crippen molar-refractivity contribution >= 4 is 29.9 Å². The summed E-state index contributed by atoms with van der Waals surface area (Å²) in [6.07, 6.45) is 0.931. The molecule has 25 heavy (non-hydrogen) atoms. The van der Waals surface area contributed by atoms with Crippen molar-refractivity contribution in [2.24, 2.45) is 10.9 Å². The molecule has 1 aliphatic rings. The van der Waals surface area contributed by atoms with Crippen molar-refractivity contribution in [3.05, 3.63) is 35.6 Å². The maximum absolute atomic E-state index is 13.1. The molecule has 1 aromatic rings. The molecular formula is C18H29FIN3O2. The summed E-state index contributed by atoms with van der Waals surface area (Å²) in [4.78, 5) is 7.00. The molecule has 1 aliphatic heterocycles. The Bertz CT molecular complexity index is 528. The van der Waals surface area contributed by atoms with E-state index in [0.29, 0.717) is 12.5 Å². The number of hydrogen-bond acceptors (Lipinski definition) is 3. The minimum atomic E-state index is -0.244. The average molecular weight is 465 g/mol. The number of hydrogen-bond donors (Lipinski definition) is 1. The van der Waals surface area contributed by atoms with Crippen LogP contribution in [0.15, 0.2) is 29.3 Å². The monoisotopic (exact) mass is 465 g/mol. The van der Waals surface area contributed by atoms with Gasteiger partial charge in [-0.25, -0.2) is 4.39 Å². The number of halogens is 2. The van der Waals surface area contributed by atoms with Crippen LogP contribution in [-0.2, 0) is 9.47 Å². The van der Waals surface area contributed by atoms with Crippen molar-refractivity contribution in [3.8, 4) is 0 Å². The molecule has 0 amide bonds. The second kappa shape index (κ2) is 11.6.